The third-order valence-corrected chi connectivity index (χ3v) is 3.71. The van der Waals surface area contributed by atoms with E-state index >= 15 is 0 Å². The average Bonchev–Trinajstić information content (AvgIpc) is 2.57. The van der Waals surface area contributed by atoms with Crippen LogP contribution in [0.4, 0.5) is 11.4 Å². The van der Waals surface area contributed by atoms with Crippen molar-refractivity contribution in [2.75, 3.05) is 24.4 Å². The zero-order valence-corrected chi connectivity index (χ0v) is 12.5. The van der Waals surface area contributed by atoms with Crippen LogP contribution in [0, 0.1) is 0 Å². The molecule has 114 valence electrons. The van der Waals surface area contributed by atoms with Gasteiger partial charge in [0.25, 0.3) is 5.91 Å². The summed E-state index contributed by atoms with van der Waals surface area (Å²) in [6.45, 7) is 0. The Morgan fingerprint density at radius 2 is 1.64 bits per heavy atom. The van der Waals surface area contributed by atoms with Crippen LogP contribution in [-0.2, 0) is 9.47 Å². The molecule has 22 heavy (non-hydrogen) atoms. The zero-order valence-electron chi connectivity index (χ0n) is 12.5. The molecule has 0 fully saturated rings. The number of carbonyl (C=O) groups is 1. The van der Waals surface area contributed by atoms with Crippen LogP contribution in [0.2, 0.25) is 0 Å². The van der Waals surface area contributed by atoms with Crippen molar-refractivity contribution in [1.82, 2.24) is 0 Å². The van der Waals surface area contributed by atoms with Gasteiger partial charge in [0.05, 0.1) is 5.56 Å². The average molecular weight is 298 g/mol. The number of hydrogen-bond donors (Lipinski definition) is 1. The molecule has 0 radical (unpaired) electrons. The van der Waals surface area contributed by atoms with E-state index in [1.165, 1.54) is 0 Å². The topological polar surface area (TPSA) is 50.8 Å². The van der Waals surface area contributed by atoms with Crippen molar-refractivity contribution in [3.63, 3.8) is 0 Å². The SMILES string of the molecule is COC(OC)[C@@H]1Nc2ccccc2C(=O)N1c1ccccc1. The molecule has 0 saturated carbocycles. The van der Waals surface area contributed by atoms with Crippen molar-refractivity contribution in [2.45, 2.75) is 12.5 Å². The molecule has 1 amide bonds. The molecule has 0 unspecified atom stereocenters. The van der Waals surface area contributed by atoms with E-state index in [-0.39, 0.29) is 5.91 Å². The molecule has 3 rings (SSSR count). The third-order valence-electron chi connectivity index (χ3n) is 3.71. The van der Waals surface area contributed by atoms with Gasteiger partial charge in [0.2, 0.25) is 0 Å². The molecule has 0 aromatic heterocycles. The highest BCUT2D eigenvalue weighted by atomic mass is 16.7. The Hall–Kier alpha value is -2.37. The van der Waals surface area contributed by atoms with Gasteiger partial charge in [-0.1, -0.05) is 30.3 Å². The molecule has 1 aliphatic rings. The summed E-state index contributed by atoms with van der Waals surface area (Å²) in [5, 5.41) is 3.33. The monoisotopic (exact) mass is 298 g/mol. The van der Waals surface area contributed by atoms with Gasteiger partial charge in [0.1, 0.15) is 0 Å². The lowest BCUT2D eigenvalue weighted by Crippen LogP contribution is -2.56. The van der Waals surface area contributed by atoms with Gasteiger partial charge in [0.15, 0.2) is 12.5 Å². The number of benzene rings is 2. The van der Waals surface area contributed by atoms with E-state index in [2.05, 4.69) is 5.32 Å². The smallest absolute Gasteiger partial charge is 0.262 e. The van der Waals surface area contributed by atoms with Crippen molar-refractivity contribution in [3.8, 4) is 0 Å². The zero-order chi connectivity index (χ0) is 15.5. The molecule has 1 atom stereocenters. The summed E-state index contributed by atoms with van der Waals surface area (Å²) in [7, 11) is 3.12. The molecule has 2 aromatic rings. The number of amides is 1. The van der Waals surface area contributed by atoms with Crippen LogP contribution in [0.3, 0.4) is 0 Å². The summed E-state index contributed by atoms with van der Waals surface area (Å²) in [6, 6.07) is 16.9. The first-order chi connectivity index (χ1) is 10.8. The fourth-order valence-electron chi connectivity index (χ4n) is 2.69. The number of nitrogens with one attached hydrogen (secondary N) is 1. The Labute approximate surface area is 129 Å². The minimum Gasteiger partial charge on any atom is -0.360 e. The van der Waals surface area contributed by atoms with Gasteiger partial charge in [-0.15, -0.1) is 0 Å². The summed E-state index contributed by atoms with van der Waals surface area (Å²) >= 11 is 0. The molecule has 2 aromatic carbocycles. The Balaban J connectivity index is 2.08. The maximum Gasteiger partial charge on any atom is 0.262 e. The second-order valence-corrected chi connectivity index (χ2v) is 4.99. The normalized spacial score (nSPS) is 17.3. The number of fused-ring (bicyclic) bond motifs is 1. The van der Waals surface area contributed by atoms with Gasteiger partial charge in [-0.25, -0.2) is 0 Å². The van der Waals surface area contributed by atoms with Crippen LogP contribution >= 0.6 is 0 Å². The van der Waals surface area contributed by atoms with Crippen LogP contribution in [-0.4, -0.2) is 32.6 Å². The Bertz CT molecular complexity index is 656. The molecule has 1 N–H and O–H groups in total. The van der Waals surface area contributed by atoms with Crippen LogP contribution in [0.5, 0.6) is 0 Å². The lowest BCUT2D eigenvalue weighted by Gasteiger charge is -2.40. The van der Waals surface area contributed by atoms with Crippen LogP contribution in [0.15, 0.2) is 54.6 Å². The van der Waals surface area contributed by atoms with Gasteiger partial charge in [-0.2, -0.15) is 0 Å². The summed E-state index contributed by atoms with van der Waals surface area (Å²) in [6.07, 6.45) is -1.03. The largest absolute Gasteiger partial charge is 0.360 e. The van der Waals surface area contributed by atoms with E-state index in [4.69, 9.17) is 9.47 Å². The van der Waals surface area contributed by atoms with Crippen molar-refractivity contribution >= 4 is 17.3 Å². The Morgan fingerprint density at radius 3 is 2.32 bits per heavy atom. The summed E-state index contributed by atoms with van der Waals surface area (Å²) in [5.41, 5.74) is 2.20. The van der Waals surface area contributed by atoms with E-state index in [9.17, 15) is 4.79 Å². The van der Waals surface area contributed by atoms with E-state index < -0.39 is 12.5 Å². The van der Waals surface area contributed by atoms with E-state index in [0.717, 1.165) is 11.4 Å². The molecular formula is C17H18N2O3. The standard InChI is InChI=1S/C17H18N2O3/c1-21-17(22-2)15-18-14-11-7-6-10-13(14)16(20)19(15)12-8-4-3-5-9-12/h3-11,15,17-18H,1-2H3/t15-/m1/s1. The molecule has 0 aliphatic carbocycles. The number of methoxy groups -OCH3 is 2. The number of anilines is 2. The third kappa shape index (κ3) is 2.45. The van der Waals surface area contributed by atoms with E-state index in [0.29, 0.717) is 5.56 Å². The Kier molecular flexibility index (Phi) is 4.09. The van der Waals surface area contributed by atoms with Crippen molar-refractivity contribution < 1.29 is 14.3 Å². The van der Waals surface area contributed by atoms with Gasteiger partial charge in [-0.3, -0.25) is 9.69 Å². The highest BCUT2D eigenvalue weighted by Gasteiger charge is 2.38. The Morgan fingerprint density at radius 1 is 1.00 bits per heavy atom. The van der Waals surface area contributed by atoms with Gasteiger partial charge in [-0.05, 0) is 24.3 Å². The first-order valence-corrected chi connectivity index (χ1v) is 7.06. The quantitative estimate of drug-likeness (QED) is 0.882. The van der Waals surface area contributed by atoms with Gasteiger partial charge >= 0.3 is 0 Å². The van der Waals surface area contributed by atoms with E-state index in [1.54, 1.807) is 19.1 Å². The molecule has 0 spiro atoms. The summed E-state index contributed by atoms with van der Waals surface area (Å²) in [4.78, 5) is 14.6. The summed E-state index contributed by atoms with van der Waals surface area (Å²) < 4.78 is 10.8. The molecule has 0 bridgehead atoms. The molecular weight excluding hydrogens is 280 g/mol. The molecule has 5 nitrogen and oxygen atoms in total. The number of hydrogen-bond acceptors (Lipinski definition) is 4. The van der Waals surface area contributed by atoms with Crippen LogP contribution in [0.1, 0.15) is 10.4 Å². The number of rotatable bonds is 4. The maximum absolute atomic E-state index is 12.9. The second-order valence-electron chi connectivity index (χ2n) is 4.99. The van der Waals surface area contributed by atoms with Crippen molar-refractivity contribution in [3.05, 3.63) is 60.2 Å². The number of para-hydroxylation sites is 2. The van der Waals surface area contributed by atoms with Crippen molar-refractivity contribution in [1.29, 1.82) is 0 Å². The second kappa shape index (κ2) is 6.17. The maximum atomic E-state index is 12.9. The fourth-order valence-corrected chi connectivity index (χ4v) is 2.69. The predicted molar refractivity (Wildman–Crippen MR) is 84.9 cm³/mol. The highest BCUT2D eigenvalue weighted by Crippen LogP contribution is 2.31. The lowest BCUT2D eigenvalue weighted by molar-refractivity contribution is -0.111. The van der Waals surface area contributed by atoms with Crippen LogP contribution in [0.25, 0.3) is 0 Å². The molecule has 1 aliphatic heterocycles. The number of nitrogens with zero attached hydrogens (tertiary/aromatic N) is 1. The summed E-state index contributed by atoms with van der Waals surface area (Å²) in [5.74, 6) is -0.0790. The first kappa shape index (κ1) is 14.6. The minimum atomic E-state index is -0.586. The first-order valence-electron chi connectivity index (χ1n) is 7.06. The number of ether oxygens (including phenoxy) is 2. The molecule has 5 heteroatoms. The van der Waals surface area contributed by atoms with Crippen molar-refractivity contribution in [2.24, 2.45) is 0 Å². The van der Waals surface area contributed by atoms with Crippen LogP contribution < -0.4 is 10.2 Å². The fraction of sp³-hybridized carbons (Fsp3) is 0.235. The van der Waals surface area contributed by atoms with E-state index in [1.807, 2.05) is 54.6 Å². The minimum absolute atomic E-state index is 0.0790. The molecule has 1 heterocycles. The predicted octanol–water partition coefficient (Wildman–Crippen LogP) is 2.70. The number of carbonyl (C=O) groups excluding carboxylic acids is 1. The van der Waals surface area contributed by atoms with Gasteiger partial charge < -0.3 is 14.8 Å². The molecule has 0 saturated heterocycles. The lowest BCUT2D eigenvalue weighted by atomic mass is 10.1. The highest BCUT2D eigenvalue weighted by molar-refractivity contribution is 6.12. The van der Waals surface area contributed by atoms with Gasteiger partial charge in [0, 0.05) is 25.6 Å².